The van der Waals surface area contributed by atoms with Crippen LogP contribution in [0.15, 0.2) is 11.6 Å². The molecule has 0 amide bonds. The zero-order valence-corrected chi connectivity index (χ0v) is 7.23. The molecule has 0 unspecified atom stereocenters. The van der Waals surface area contributed by atoms with Crippen molar-refractivity contribution in [2.45, 2.75) is 34.6 Å². The fourth-order valence-corrected chi connectivity index (χ4v) is 1.33. The summed E-state index contributed by atoms with van der Waals surface area (Å²) in [6, 6.07) is 0. The van der Waals surface area contributed by atoms with Gasteiger partial charge in [0.2, 0.25) is 0 Å². The molecule has 0 saturated heterocycles. The normalized spacial score (nSPS) is 10.6. The number of allylic oxidation sites excluding steroid dienone is 2. The van der Waals surface area contributed by atoms with Crippen LogP contribution in [-0.4, -0.2) is 0 Å². The van der Waals surface area contributed by atoms with Crippen LogP contribution in [0.4, 0.5) is 0 Å². The van der Waals surface area contributed by atoms with Crippen LogP contribution in [0.3, 0.4) is 0 Å². The molecule has 0 aliphatic rings. The van der Waals surface area contributed by atoms with Crippen LogP contribution in [0.5, 0.6) is 0 Å². The molecule has 0 rings (SSSR count). The van der Waals surface area contributed by atoms with E-state index in [4.69, 9.17) is 0 Å². The molecule has 0 nitrogen and oxygen atoms in total. The van der Waals surface area contributed by atoms with Crippen molar-refractivity contribution >= 4 is 0 Å². The Morgan fingerprint density at radius 1 is 1.00 bits per heavy atom. The van der Waals surface area contributed by atoms with Gasteiger partial charge in [0.1, 0.15) is 0 Å². The maximum atomic E-state index is 2.25. The van der Waals surface area contributed by atoms with Crippen molar-refractivity contribution in [2.75, 3.05) is 0 Å². The van der Waals surface area contributed by atoms with Gasteiger partial charge in [-0.05, 0) is 18.8 Å². The summed E-state index contributed by atoms with van der Waals surface area (Å²) in [5.41, 5.74) is 1.56. The molecular formula is C9H18. The van der Waals surface area contributed by atoms with Gasteiger partial charge in [0.15, 0.2) is 0 Å². The van der Waals surface area contributed by atoms with E-state index in [0.717, 1.165) is 11.8 Å². The molecule has 0 N–H and O–H groups in total. The van der Waals surface area contributed by atoms with Crippen molar-refractivity contribution < 1.29 is 0 Å². The molecule has 0 bridgehead atoms. The predicted molar refractivity (Wildman–Crippen MR) is 43.4 cm³/mol. The van der Waals surface area contributed by atoms with Crippen LogP contribution in [0, 0.1) is 11.8 Å². The summed E-state index contributed by atoms with van der Waals surface area (Å²) in [6.45, 7) is 11.1. The first-order valence-corrected chi connectivity index (χ1v) is 3.75. The van der Waals surface area contributed by atoms with Gasteiger partial charge in [-0.25, -0.2) is 0 Å². The summed E-state index contributed by atoms with van der Waals surface area (Å²) in [7, 11) is 0. The van der Waals surface area contributed by atoms with Gasteiger partial charge < -0.3 is 0 Å². The Morgan fingerprint density at radius 2 is 1.33 bits per heavy atom. The summed E-state index contributed by atoms with van der Waals surface area (Å²) < 4.78 is 0. The average Bonchev–Trinajstić information content (AvgIpc) is 1.64. The molecule has 0 spiro atoms. The van der Waals surface area contributed by atoms with Crippen molar-refractivity contribution in [2.24, 2.45) is 11.8 Å². The van der Waals surface area contributed by atoms with E-state index < -0.39 is 0 Å². The average molecular weight is 126 g/mol. The first-order valence-electron chi connectivity index (χ1n) is 3.75. The minimum atomic E-state index is 0.718. The fraction of sp³-hybridized carbons (Fsp3) is 0.778. The van der Waals surface area contributed by atoms with Crippen molar-refractivity contribution in [1.82, 2.24) is 0 Å². The Bertz CT molecular complexity index is 86.6. The molecule has 0 heteroatoms. The lowest BCUT2D eigenvalue weighted by Crippen LogP contribution is -2.00. The molecule has 0 aliphatic carbocycles. The van der Waals surface area contributed by atoms with Crippen LogP contribution < -0.4 is 0 Å². The Kier molecular flexibility index (Phi) is 3.60. The fourth-order valence-electron chi connectivity index (χ4n) is 1.33. The van der Waals surface area contributed by atoms with E-state index in [1.54, 1.807) is 5.57 Å². The van der Waals surface area contributed by atoms with E-state index >= 15 is 0 Å². The molecule has 0 aromatic rings. The van der Waals surface area contributed by atoms with Crippen LogP contribution in [0.25, 0.3) is 0 Å². The highest BCUT2D eigenvalue weighted by Gasteiger charge is 2.04. The van der Waals surface area contributed by atoms with Gasteiger partial charge in [-0.1, -0.05) is 39.3 Å². The third kappa shape index (κ3) is 2.69. The molecule has 0 atom stereocenters. The van der Waals surface area contributed by atoms with Crippen LogP contribution in [0.1, 0.15) is 34.6 Å². The third-order valence-electron chi connectivity index (χ3n) is 1.67. The Hall–Kier alpha value is -0.260. The SMILES string of the molecule is CC=C(C(C)C)C(C)C. The highest BCUT2D eigenvalue weighted by atomic mass is 14.1. The predicted octanol–water partition coefficient (Wildman–Crippen LogP) is 3.24. The number of hydrogen-bond acceptors (Lipinski definition) is 0. The molecule has 0 aromatic carbocycles. The lowest BCUT2D eigenvalue weighted by molar-refractivity contribution is 0.624. The summed E-state index contributed by atoms with van der Waals surface area (Å²) in [5, 5.41) is 0. The van der Waals surface area contributed by atoms with Crippen molar-refractivity contribution in [3.63, 3.8) is 0 Å². The maximum absolute atomic E-state index is 2.25. The van der Waals surface area contributed by atoms with Gasteiger partial charge in [0, 0.05) is 0 Å². The van der Waals surface area contributed by atoms with Crippen LogP contribution in [-0.2, 0) is 0 Å². The molecule has 0 fully saturated rings. The standard InChI is InChI=1S/C9H18/c1-6-9(7(2)3)8(4)5/h6-8H,1-5H3. The van der Waals surface area contributed by atoms with Crippen molar-refractivity contribution in [3.05, 3.63) is 11.6 Å². The van der Waals surface area contributed by atoms with Gasteiger partial charge >= 0.3 is 0 Å². The highest BCUT2D eigenvalue weighted by Crippen LogP contribution is 2.18. The van der Waals surface area contributed by atoms with Crippen molar-refractivity contribution in [1.29, 1.82) is 0 Å². The van der Waals surface area contributed by atoms with Crippen LogP contribution in [0.2, 0.25) is 0 Å². The maximum Gasteiger partial charge on any atom is -0.0258 e. The third-order valence-corrected chi connectivity index (χ3v) is 1.67. The molecule has 0 aliphatic heterocycles. The second kappa shape index (κ2) is 3.71. The Balaban J connectivity index is 4.01. The van der Waals surface area contributed by atoms with Crippen molar-refractivity contribution in [3.8, 4) is 0 Å². The topological polar surface area (TPSA) is 0 Å². The van der Waals surface area contributed by atoms with E-state index in [0.29, 0.717) is 0 Å². The summed E-state index contributed by atoms with van der Waals surface area (Å²) in [6.07, 6.45) is 2.23. The molecular weight excluding hydrogens is 108 g/mol. The zero-order valence-electron chi connectivity index (χ0n) is 7.23. The zero-order chi connectivity index (χ0) is 7.44. The van der Waals surface area contributed by atoms with Gasteiger partial charge in [-0.3, -0.25) is 0 Å². The Morgan fingerprint density at radius 3 is 1.33 bits per heavy atom. The second-order valence-corrected chi connectivity index (χ2v) is 3.10. The van der Waals surface area contributed by atoms with Gasteiger partial charge in [-0.15, -0.1) is 0 Å². The molecule has 0 radical (unpaired) electrons. The molecule has 0 saturated carbocycles. The molecule has 9 heavy (non-hydrogen) atoms. The monoisotopic (exact) mass is 126 g/mol. The Labute approximate surface area is 59.0 Å². The lowest BCUT2D eigenvalue weighted by Gasteiger charge is -2.13. The largest absolute Gasteiger partial charge is 0.0879 e. The van der Waals surface area contributed by atoms with E-state index in [1.807, 2.05) is 0 Å². The first-order chi connectivity index (χ1) is 4.09. The van der Waals surface area contributed by atoms with Gasteiger partial charge in [0.05, 0.1) is 0 Å². The van der Waals surface area contributed by atoms with E-state index in [-0.39, 0.29) is 0 Å². The minimum absolute atomic E-state index is 0.718. The van der Waals surface area contributed by atoms with E-state index in [2.05, 4.69) is 40.7 Å². The molecule has 0 aromatic heterocycles. The minimum Gasteiger partial charge on any atom is -0.0879 e. The lowest BCUT2D eigenvalue weighted by atomic mass is 9.93. The number of rotatable bonds is 2. The van der Waals surface area contributed by atoms with E-state index in [9.17, 15) is 0 Å². The van der Waals surface area contributed by atoms with Gasteiger partial charge in [0.25, 0.3) is 0 Å². The van der Waals surface area contributed by atoms with Gasteiger partial charge in [-0.2, -0.15) is 0 Å². The smallest absolute Gasteiger partial charge is 0.0258 e. The van der Waals surface area contributed by atoms with E-state index in [1.165, 1.54) is 0 Å². The number of hydrogen-bond donors (Lipinski definition) is 0. The summed E-state index contributed by atoms with van der Waals surface area (Å²) in [4.78, 5) is 0. The second-order valence-electron chi connectivity index (χ2n) is 3.10. The summed E-state index contributed by atoms with van der Waals surface area (Å²) >= 11 is 0. The molecule has 0 heterocycles. The first kappa shape index (κ1) is 8.74. The highest BCUT2D eigenvalue weighted by molar-refractivity contribution is 5.05. The summed E-state index contributed by atoms with van der Waals surface area (Å²) in [5.74, 6) is 1.44. The van der Waals surface area contributed by atoms with Crippen LogP contribution >= 0.6 is 0 Å². The molecule has 54 valence electrons. The quantitative estimate of drug-likeness (QED) is 0.498.